The van der Waals surface area contributed by atoms with E-state index in [1.807, 2.05) is 24.3 Å². The molecule has 4 rings (SSSR count). The molecule has 0 aliphatic heterocycles. The van der Waals surface area contributed by atoms with Gasteiger partial charge in [0, 0.05) is 11.6 Å². The molecular weight excluding hydrogens is 384 g/mol. The van der Waals surface area contributed by atoms with E-state index in [0.717, 1.165) is 10.2 Å². The number of carbonyl (C=O) groups excluding carboxylic acids is 1. The van der Waals surface area contributed by atoms with Crippen molar-refractivity contribution < 1.29 is 14.3 Å². The van der Waals surface area contributed by atoms with Crippen LogP contribution in [0.5, 0.6) is 0 Å². The molecule has 7 heteroatoms. The van der Waals surface area contributed by atoms with E-state index < -0.39 is 12.0 Å². The third kappa shape index (κ3) is 3.88. The van der Waals surface area contributed by atoms with Crippen molar-refractivity contribution in [3.63, 3.8) is 0 Å². The summed E-state index contributed by atoms with van der Waals surface area (Å²) >= 11 is 7.42. The first-order valence-electron chi connectivity index (χ1n) is 8.27. The number of aliphatic hydroxyl groups is 1. The number of furan rings is 1. The number of aliphatic hydroxyl groups excluding tert-OH is 1. The Bertz CT molecular complexity index is 1070. The number of halogens is 1. The highest BCUT2D eigenvalue weighted by Crippen LogP contribution is 2.31. The number of aromatic nitrogens is 1. The van der Waals surface area contributed by atoms with Gasteiger partial charge >= 0.3 is 0 Å². The molecule has 2 heterocycles. The van der Waals surface area contributed by atoms with Crippen molar-refractivity contribution in [1.82, 2.24) is 10.3 Å². The maximum atomic E-state index is 12.3. The molecule has 0 saturated carbocycles. The first-order chi connectivity index (χ1) is 13.1. The van der Waals surface area contributed by atoms with Gasteiger partial charge in [0.25, 0.3) is 5.91 Å². The minimum Gasteiger partial charge on any atom is -0.448 e. The number of nitrogens with one attached hydrogen (secondary N) is 1. The second-order valence-corrected chi connectivity index (χ2v) is 7.40. The number of benzene rings is 2. The highest BCUT2D eigenvalue weighted by Gasteiger charge is 2.16. The van der Waals surface area contributed by atoms with Gasteiger partial charge in [-0.15, -0.1) is 11.3 Å². The summed E-state index contributed by atoms with van der Waals surface area (Å²) in [6.07, 6.45) is -0.855. The molecular formula is C20H15ClN2O3S. The van der Waals surface area contributed by atoms with Crippen LogP contribution in [-0.4, -0.2) is 22.5 Å². The van der Waals surface area contributed by atoms with Gasteiger partial charge in [-0.1, -0.05) is 35.9 Å². The van der Waals surface area contributed by atoms with E-state index in [-0.39, 0.29) is 12.3 Å². The van der Waals surface area contributed by atoms with Crippen molar-refractivity contribution in [2.24, 2.45) is 0 Å². The number of carbonyl (C=O) groups is 1. The fraction of sp³-hybridized carbons (Fsp3) is 0.100. The van der Waals surface area contributed by atoms with Crippen LogP contribution in [0.15, 0.2) is 65.1 Å². The largest absolute Gasteiger partial charge is 0.448 e. The van der Waals surface area contributed by atoms with Crippen LogP contribution in [0.25, 0.3) is 21.0 Å². The first kappa shape index (κ1) is 17.7. The SMILES string of the molecule is O=C(NC[C@H](O)c1cccc(Cl)c1)c1ccc(-c2nc3ccccc3s2)o1. The zero-order valence-electron chi connectivity index (χ0n) is 14.1. The Labute approximate surface area is 164 Å². The molecule has 0 aliphatic rings. The minimum atomic E-state index is -0.855. The zero-order valence-corrected chi connectivity index (χ0v) is 15.6. The van der Waals surface area contributed by atoms with Crippen LogP contribution in [0.1, 0.15) is 22.2 Å². The van der Waals surface area contributed by atoms with Crippen LogP contribution in [0.2, 0.25) is 5.02 Å². The standard InChI is InChI=1S/C20H15ClN2O3S/c21-13-5-3-4-12(10-13)15(24)11-22-19(25)16-8-9-17(26-16)20-23-14-6-1-2-7-18(14)27-20/h1-10,15,24H,11H2,(H,22,25)/t15-/m0/s1. The van der Waals surface area contributed by atoms with E-state index in [9.17, 15) is 9.90 Å². The monoisotopic (exact) mass is 398 g/mol. The molecule has 0 unspecified atom stereocenters. The van der Waals surface area contributed by atoms with E-state index >= 15 is 0 Å². The van der Waals surface area contributed by atoms with Gasteiger partial charge < -0.3 is 14.8 Å². The average molecular weight is 399 g/mol. The third-order valence-electron chi connectivity index (χ3n) is 4.02. The van der Waals surface area contributed by atoms with E-state index in [0.29, 0.717) is 21.4 Å². The number of amides is 1. The molecule has 5 nitrogen and oxygen atoms in total. The van der Waals surface area contributed by atoms with Crippen molar-refractivity contribution >= 4 is 39.1 Å². The average Bonchev–Trinajstić information content (AvgIpc) is 3.32. The molecule has 0 spiro atoms. The lowest BCUT2D eigenvalue weighted by Gasteiger charge is -2.11. The predicted molar refractivity (Wildman–Crippen MR) is 106 cm³/mol. The van der Waals surface area contributed by atoms with Crippen molar-refractivity contribution in [2.45, 2.75) is 6.10 Å². The topological polar surface area (TPSA) is 75.4 Å². The molecule has 1 amide bonds. The van der Waals surface area contributed by atoms with Crippen LogP contribution in [0, 0.1) is 0 Å². The van der Waals surface area contributed by atoms with E-state index in [4.69, 9.17) is 16.0 Å². The third-order valence-corrected chi connectivity index (χ3v) is 5.31. The smallest absolute Gasteiger partial charge is 0.287 e. The van der Waals surface area contributed by atoms with Crippen LogP contribution in [0.4, 0.5) is 0 Å². The molecule has 0 fully saturated rings. The second-order valence-electron chi connectivity index (χ2n) is 5.93. The Kier molecular flexibility index (Phi) is 4.94. The van der Waals surface area contributed by atoms with Gasteiger partial charge in [-0.2, -0.15) is 0 Å². The molecule has 4 aromatic rings. The summed E-state index contributed by atoms with van der Waals surface area (Å²) in [5, 5.41) is 14.1. The number of thiazole rings is 1. The minimum absolute atomic E-state index is 0.0519. The van der Waals surface area contributed by atoms with Crippen LogP contribution >= 0.6 is 22.9 Å². The van der Waals surface area contributed by atoms with Crippen LogP contribution in [-0.2, 0) is 0 Å². The van der Waals surface area contributed by atoms with Gasteiger partial charge in [-0.25, -0.2) is 4.98 Å². The maximum absolute atomic E-state index is 12.3. The molecule has 0 bridgehead atoms. The van der Waals surface area contributed by atoms with Gasteiger partial charge in [0.2, 0.25) is 0 Å². The maximum Gasteiger partial charge on any atom is 0.287 e. The lowest BCUT2D eigenvalue weighted by molar-refractivity contribution is 0.0890. The molecule has 27 heavy (non-hydrogen) atoms. The molecule has 1 atom stereocenters. The summed E-state index contributed by atoms with van der Waals surface area (Å²) in [6, 6.07) is 18.0. The second kappa shape index (κ2) is 7.52. The van der Waals surface area contributed by atoms with Crippen molar-refractivity contribution in [1.29, 1.82) is 0 Å². The van der Waals surface area contributed by atoms with Gasteiger partial charge in [-0.05, 0) is 42.0 Å². The Hall–Kier alpha value is -2.67. The normalized spacial score (nSPS) is 12.2. The summed E-state index contributed by atoms with van der Waals surface area (Å²) in [4.78, 5) is 16.8. The predicted octanol–water partition coefficient (Wildman–Crippen LogP) is 4.67. The Balaban J connectivity index is 1.44. The summed E-state index contributed by atoms with van der Waals surface area (Å²) in [5.41, 5.74) is 1.53. The lowest BCUT2D eigenvalue weighted by atomic mass is 10.1. The van der Waals surface area contributed by atoms with Crippen LogP contribution in [0.3, 0.4) is 0 Å². The van der Waals surface area contributed by atoms with Gasteiger partial charge in [0.15, 0.2) is 16.5 Å². The molecule has 0 aliphatic carbocycles. The summed E-state index contributed by atoms with van der Waals surface area (Å²) < 4.78 is 6.71. The van der Waals surface area contributed by atoms with Crippen LogP contribution < -0.4 is 5.32 Å². The fourth-order valence-corrected chi connectivity index (χ4v) is 3.79. The van der Waals surface area contributed by atoms with Gasteiger partial charge in [0.05, 0.1) is 16.3 Å². The summed E-state index contributed by atoms with van der Waals surface area (Å²) in [5.74, 6) is 0.308. The zero-order chi connectivity index (χ0) is 18.8. The number of hydrogen-bond donors (Lipinski definition) is 2. The first-order valence-corrected chi connectivity index (χ1v) is 9.47. The number of nitrogens with zero attached hydrogens (tertiary/aromatic N) is 1. The molecule has 2 aromatic carbocycles. The summed E-state index contributed by atoms with van der Waals surface area (Å²) in [6.45, 7) is 0.0519. The molecule has 2 aromatic heterocycles. The fourth-order valence-electron chi connectivity index (χ4n) is 2.66. The van der Waals surface area contributed by atoms with Gasteiger partial charge in [0.1, 0.15) is 0 Å². The van der Waals surface area contributed by atoms with Crippen molar-refractivity contribution in [2.75, 3.05) is 6.54 Å². The van der Waals surface area contributed by atoms with E-state index in [1.165, 1.54) is 11.3 Å². The number of hydrogen-bond acceptors (Lipinski definition) is 5. The Morgan fingerprint density at radius 1 is 1.19 bits per heavy atom. The highest BCUT2D eigenvalue weighted by atomic mass is 35.5. The quantitative estimate of drug-likeness (QED) is 0.512. The lowest BCUT2D eigenvalue weighted by Crippen LogP contribution is -2.28. The number of rotatable bonds is 5. The molecule has 0 radical (unpaired) electrons. The van der Waals surface area contributed by atoms with E-state index in [1.54, 1.807) is 36.4 Å². The highest BCUT2D eigenvalue weighted by molar-refractivity contribution is 7.21. The summed E-state index contributed by atoms with van der Waals surface area (Å²) in [7, 11) is 0. The van der Waals surface area contributed by atoms with Crippen molar-refractivity contribution in [3.05, 3.63) is 77.0 Å². The van der Waals surface area contributed by atoms with Gasteiger partial charge in [-0.3, -0.25) is 4.79 Å². The molecule has 0 saturated heterocycles. The van der Waals surface area contributed by atoms with Crippen molar-refractivity contribution in [3.8, 4) is 10.8 Å². The number of fused-ring (bicyclic) bond motifs is 1. The Morgan fingerprint density at radius 2 is 2.04 bits per heavy atom. The Morgan fingerprint density at radius 3 is 2.85 bits per heavy atom. The van der Waals surface area contributed by atoms with E-state index in [2.05, 4.69) is 10.3 Å². The number of para-hydroxylation sites is 1. The molecule has 136 valence electrons. The molecule has 2 N–H and O–H groups in total.